The highest BCUT2D eigenvalue weighted by Crippen LogP contribution is 2.28. The van der Waals surface area contributed by atoms with Crippen LogP contribution in [0.3, 0.4) is 0 Å². The molecule has 3 aliphatic rings. The second-order valence-corrected chi connectivity index (χ2v) is 10.2. The summed E-state index contributed by atoms with van der Waals surface area (Å²) in [6.45, 7) is 14.8. The number of ether oxygens (including phenoxy) is 1. The van der Waals surface area contributed by atoms with E-state index in [1.807, 2.05) is 0 Å². The van der Waals surface area contributed by atoms with Crippen LogP contribution in [0, 0.1) is 0 Å². The van der Waals surface area contributed by atoms with Crippen molar-refractivity contribution in [3.8, 4) is 0 Å². The zero-order valence-corrected chi connectivity index (χ0v) is 20.5. The molecule has 3 saturated heterocycles. The number of hydrogen-bond donors (Lipinski definition) is 1. The maximum Gasteiger partial charge on any atom is 0.229 e. The molecule has 0 atom stereocenters. The fraction of sp³-hybridized carbons (Fsp3) is 0.760. The maximum atomic E-state index is 5.57. The number of aromatic nitrogens is 3. The predicted molar refractivity (Wildman–Crippen MR) is 134 cm³/mol. The summed E-state index contributed by atoms with van der Waals surface area (Å²) in [5.74, 6) is 1.84. The van der Waals surface area contributed by atoms with Crippen molar-refractivity contribution in [2.24, 2.45) is 0 Å². The van der Waals surface area contributed by atoms with E-state index in [0.29, 0.717) is 12.1 Å². The van der Waals surface area contributed by atoms with Crippen LogP contribution in [0.15, 0.2) is 12.3 Å². The molecule has 2 aromatic rings. The first kappa shape index (κ1) is 22.9. The van der Waals surface area contributed by atoms with Crippen LogP contribution in [-0.2, 0) is 11.3 Å². The van der Waals surface area contributed by atoms with Crippen molar-refractivity contribution in [3.63, 3.8) is 0 Å². The minimum absolute atomic E-state index is 0.467. The van der Waals surface area contributed by atoms with E-state index in [9.17, 15) is 0 Å². The average Bonchev–Trinajstić information content (AvgIpc) is 3.50. The van der Waals surface area contributed by atoms with Crippen molar-refractivity contribution in [1.82, 2.24) is 24.3 Å². The molecule has 33 heavy (non-hydrogen) atoms. The van der Waals surface area contributed by atoms with Crippen LogP contribution in [0.25, 0.3) is 11.0 Å². The van der Waals surface area contributed by atoms with Crippen molar-refractivity contribution in [1.29, 1.82) is 0 Å². The van der Waals surface area contributed by atoms with E-state index in [0.717, 1.165) is 88.0 Å². The summed E-state index contributed by atoms with van der Waals surface area (Å²) in [7, 11) is 0. The van der Waals surface area contributed by atoms with Gasteiger partial charge in [-0.1, -0.05) is 0 Å². The second kappa shape index (κ2) is 10.6. The van der Waals surface area contributed by atoms with Crippen LogP contribution in [0.2, 0.25) is 0 Å². The zero-order valence-electron chi connectivity index (χ0n) is 20.5. The molecule has 3 aliphatic heterocycles. The summed E-state index contributed by atoms with van der Waals surface area (Å²) in [6.07, 6.45) is 8.40. The summed E-state index contributed by atoms with van der Waals surface area (Å²) >= 11 is 0. The minimum Gasteiger partial charge on any atom is -0.378 e. The van der Waals surface area contributed by atoms with Crippen LogP contribution in [0.5, 0.6) is 0 Å². The minimum atomic E-state index is 0.467. The quantitative estimate of drug-likeness (QED) is 0.656. The molecule has 182 valence electrons. The van der Waals surface area contributed by atoms with Gasteiger partial charge in [-0.3, -0.25) is 0 Å². The topological polar surface area (TPSA) is 61.7 Å². The van der Waals surface area contributed by atoms with E-state index < -0.39 is 0 Å². The lowest BCUT2D eigenvalue weighted by molar-refractivity contribution is 0.122. The molecule has 3 fully saturated rings. The first-order valence-corrected chi connectivity index (χ1v) is 13.1. The molecule has 8 nitrogen and oxygen atoms in total. The molecule has 0 spiro atoms. The number of fused-ring (bicyclic) bond motifs is 1. The number of hydrogen-bond acceptors (Lipinski definition) is 7. The van der Waals surface area contributed by atoms with Gasteiger partial charge in [-0.2, -0.15) is 9.97 Å². The summed E-state index contributed by atoms with van der Waals surface area (Å²) in [5.41, 5.74) is 1.06. The number of nitrogens with one attached hydrogen (secondary N) is 1. The second-order valence-electron chi connectivity index (χ2n) is 10.2. The van der Waals surface area contributed by atoms with Crippen LogP contribution in [-0.4, -0.2) is 95.4 Å². The lowest BCUT2D eigenvalue weighted by atomic mass is 10.0. The number of anilines is 2. The Kier molecular flexibility index (Phi) is 7.33. The molecule has 2 aromatic heterocycles. The highest BCUT2D eigenvalue weighted by molar-refractivity contribution is 5.89. The van der Waals surface area contributed by atoms with Gasteiger partial charge in [0.2, 0.25) is 5.95 Å². The maximum absolute atomic E-state index is 5.57. The predicted octanol–water partition coefficient (Wildman–Crippen LogP) is 3.04. The number of piperidine rings is 1. The number of morpholine rings is 1. The first-order chi connectivity index (χ1) is 16.2. The molecule has 5 rings (SSSR count). The summed E-state index contributed by atoms with van der Waals surface area (Å²) in [5, 5.41) is 4.97. The molecule has 8 heteroatoms. The van der Waals surface area contributed by atoms with Crippen LogP contribution >= 0.6 is 0 Å². The summed E-state index contributed by atoms with van der Waals surface area (Å²) in [6, 6.07) is 3.30. The van der Waals surface area contributed by atoms with Gasteiger partial charge in [-0.15, -0.1) is 0 Å². The molecule has 0 unspecified atom stereocenters. The fourth-order valence-corrected chi connectivity index (χ4v) is 5.47. The molecule has 0 aromatic carbocycles. The van der Waals surface area contributed by atoms with E-state index in [2.05, 4.69) is 50.7 Å². The lowest BCUT2D eigenvalue weighted by Crippen LogP contribution is -2.42. The molecular formula is C25H41N7O. The Labute approximate surface area is 198 Å². The third-order valence-corrected chi connectivity index (χ3v) is 7.57. The van der Waals surface area contributed by atoms with Crippen LogP contribution < -0.4 is 10.2 Å². The van der Waals surface area contributed by atoms with E-state index in [-0.39, 0.29) is 0 Å². The highest BCUT2D eigenvalue weighted by Gasteiger charge is 2.24. The Morgan fingerprint density at radius 1 is 1.00 bits per heavy atom. The summed E-state index contributed by atoms with van der Waals surface area (Å²) < 4.78 is 7.91. The fourth-order valence-electron chi connectivity index (χ4n) is 5.47. The van der Waals surface area contributed by atoms with Gasteiger partial charge in [0, 0.05) is 51.0 Å². The van der Waals surface area contributed by atoms with Crippen LogP contribution in [0.1, 0.15) is 46.0 Å². The summed E-state index contributed by atoms with van der Waals surface area (Å²) in [4.78, 5) is 17.5. The Hall–Kier alpha value is -1.90. The molecule has 1 N–H and O–H groups in total. The zero-order chi connectivity index (χ0) is 22.6. The van der Waals surface area contributed by atoms with E-state index in [4.69, 9.17) is 14.7 Å². The van der Waals surface area contributed by atoms with Crippen molar-refractivity contribution < 1.29 is 4.74 Å². The molecule has 0 bridgehead atoms. The Bertz CT molecular complexity index is 894. The van der Waals surface area contributed by atoms with Gasteiger partial charge in [-0.25, -0.2) is 0 Å². The number of nitrogens with zero attached hydrogens (tertiary/aromatic N) is 6. The molecule has 0 radical (unpaired) electrons. The Morgan fingerprint density at radius 2 is 1.76 bits per heavy atom. The van der Waals surface area contributed by atoms with Gasteiger partial charge in [0.05, 0.1) is 18.6 Å². The van der Waals surface area contributed by atoms with E-state index in [1.54, 1.807) is 0 Å². The monoisotopic (exact) mass is 455 g/mol. The van der Waals surface area contributed by atoms with Gasteiger partial charge < -0.3 is 29.3 Å². The molecule has 0 amide bonds. The molecule has 0 saturated carbocycles. The third-order valence-electron chi connectivity index (χ3n) is 7.57. The first-order valence-electron chi connectivity index (χ1n) is 13.1. The van der Waals surface area contributed by atoms with Gasteiger partial charge in [0.25, 0.3) is 0 Å². The Balaban J connectivity index is 1.35. The average molecular weight is 456 g/mol. The van der Waals surface area contributed by atoms with Crippen molar-refractivity contribution in [2.75, 3.05) is 69.2 Å². The van der Waals surface area contributed by atoms with Crippen molar-refractivity contribution in [2.45, 2.75) is 64.6 Å². The van der Waals surface area contributed by atoms with Gasteiger partial charge >= 0.3 is 0 Å². The SMILES string of the molecule is CC(C)N1CCC(Nc2nc(N3CCOCC3)nc3c2ccn3CCCN2CCCC2)CC1. The number of aryl methyl sites for hydroxylation is 1. The number of likely N-dealkylation sites (tertiary alicyclic amines) is 2. The smallest absolute Gasteiger partial charge is 0.229 e. The molecule has 0 aliphatic carbocycles. The van der Waals surface area contributed by atoms with E-state index >= 15 is 0 Å². The Morgan fingerprint density at radius 3 is 2.48 bits per heavy atom. The largest absolute Gasteiger partial charge is 0.378 e. The standard InChI is InChI=1S/C25H41N7O/c1-20(2)30-13-6-21(7-14-30)26-23-22-8-15-31(12-5-11-29-9-3-4-10-29)24(22)28-25(27-23)32-16-18-33-19-17-32/h8,15,20-21H,3-7,9-14,16-19H2,1-2H3,(H,26,27,28). The van der Waals surface area contributed by atoms with Crippen molar-refractivity contribution >= 4 is 22.8 Å². The van der Waals surface area contributed by atoms with Crippen LogP contribution in [0.4, 0.5) is 11.8 Å². The lowest BCUT2D eigenvalue weighted by Gasteiger charge is -2.35. The van der Waals surface area contributed by atoms with Gasteiger partial charge in [0.15, 0.2) is 0 Å². The van der Waals surface area contributed by atoms with Crippen molar-refractivity contribution in [3.05, 3.63) is 12.3 Å². The molecule has 5 heterocycles. The highest BCUT2D eigenvalue weighted by atomic mass is 16.5. The normalized spacial score (nSPS) is 21.5. The third kappa shape index (κ3) is 5.44. The van der Waals surface area contributed by atoms with Gasteiger partial charge in [0.1, 0.15) is 11.5 Å². The van der Waals surface area contributed by atoms with E-state index in [1.165, 1.54) is 32.5 Å². The number of rotatable bonds is 8. The molecular weight excluding hydrogens is 414 g/mol. The van der Waals surface area contributed by atoms with Gasteiger partial charge in [-0.05, 0) is 71.7 Å².